The summed E-state index contributed by atoms with van der Waals surface area (Å²) in [5, 5.41) is 0. The third-order valence-electron chi connectivity index (χ3n) is 4.54. The van der Waals surface area contributed by atoms with Crippen LogP contribution in [0.1, 0.15) is 37.3 Å². The minimum Gasteiger partial charge on any atom is -0.103 e. The minimum atomic E-state index is 0.0562. The number of benzene rings is 2. The molecule has 0 heterocycles. The van der Waals surface area contributed by atoms with Crippen molar-refractivity contribution in [2.24, 2.45) is 0 Å². The third kappa shape index (κ3) is 2.15. The number of hydrogen-bond donors (Lipinski definition) is 0. The zero-order chi connectivity index (χ0) is 14.7. The largest absolute Gasteiger partial charge is 0.103 e. The molecule has 0 N–H and O–H groups in total. The van der Waals surface area contributed by atoms with Crippen molar-refractivity contribution in [3.63, 3.8) is 0 Å². The Morgan fingerprint density at radius 2 is 1.43 bits per heavy atom. The summed E-state index contributed by atoms with van der Waals surface area (Å²) in [6.45, 7) is 6.21. The number of hydrogen-bond acceptors (Lipinski definition) is 0. The number of rotatable bonds is 5. The highest BCUT2D eigenvalue weighted by atomic mass is 14.4. The molecule has 0 aromatic heterocycles. The van der Waals surface area contributed by atoms with Crippen LogP contribution in [0.3, 0.4) is 0 Å². The SMILES string of the molecule is C=CCC1(C/C=C\CC)c2ccccc2-c2ccccc21. The Balaban J connectivity index is 2.22. The van der Waals surface area contributed by atoms with E-state index in [0.29, 0.717) is 0 Å². The highest BCUT2D eigenvalue weighted by Crippen LogP contribution is 2.52. The molecule has 0 bridgehead atoms. The van der Waals surface area contributed by atoms with Gasteiger partial charge in [-0.3, -0.25) is 0 Å². The maximum absolute atomic E-state index is 4.02. The van der Waals surface area contributed by atoms with Crippen molar-refractivity contribution in [2.75, 3.05) is 0 Å². The standard InChI is InChI=1S/C21H22/c1-3-5-10-16-21(15-4-2)19-13-8-6-11-17(19)18-12-7-9-14-20(18)21/h4-14H,2-3,15-16H2,1H3/b10-5-. The predicted molar refractivity (Wildman–Crippen MR) is 91.5 cm³/mol. The van der Waals surface area contributed by atoms with Gasteiger partial charge in [-0.05, 0) is 41.5 Å². The smallest absolute Gasteiger partial charge is 0.0283 e. The molecule has 0 saturated heterocycles. The van der Waals surface area contributed by atoms with Crippen molar-refractivity contribution in [1.82, 2.24) is 0 Å². The summed E-state index contributed by atoms with van der Waals surface area (Å²) < 4.78 is 0. The quantitative estimate of drug-likeness (QED) is 0.597. The second kappa shape index (κ2) is 5.73. The van der Waals surface area contributed by atoms with Crippen LogP contribution in [0.5, 0.6) is 0 Å². The summed E-state index contributed by atoms with van der Waals surface area (Å²) in [5.41, 5.74) is 5.74. The van der Waals surface area contributed by atoms with Crippen LogP contribution in [0, 0.1) is 0 Å². The third-order valence-corrected chi connectivity index (χ3v) is 4.54. The van der Waals surface area contributed by atoms with E-state index < -0.39 is 0 Å². The lowest BCUT2D eigenvalue weighted by atomic mass is 9.73. The summed E-state index contributed by atoms with van der Waals surface area (Å²) >= 11 is 0. The highest BCUT2D eigenvalue weighted by Gasteiger charge is 2.40. The molecule has 3 rings (SSSR count). The van der Waals surface area contributed by atoms with Crippen LogP contribution in [-0.4, -0.2) is 0 Å². The monoisotopic (exact) mass is 274 g/mol. The normalized spacial score (nSPS) is 14.9. The fraction of sp³-hybridized carbons (Fsp3) is 0.238. The van der Waals surface area contributed by atoms with Gasteiger partial charge >= 0.3 is 0 Å². The Morgan fingerprint density at radius 3 is 1.95 bits per heavy atom. The van der Waals surface area contributed by atoms with E-state index >= 15 is 0 Å². The van der Waals surface area contributed by atoms with E-state index in [9.17, 15) is 0 Å². The van der Waals surface area contributed by atoms with Crippen molar-refractivity contribution in [3.05, 3.63) is 84.5 Å². The topological polar surface area (TPSA) is 0 Å². The molecule has 2 aromatic carbocycles. The fourth-order valence-corrected chi connectivity index (χ4v) is 3.64. The maximum atomic E-state index is 4.02. The van der Waals surface area contributed by atoms with Gasteiger partial charge in [-0.2, -0.15) is 0 Å². The summed E-state index contributed by atoms with van der Waals surface area (Å²) in [7, 11) is 0. The zero-order valence-corrected chi connectivity index (χ0v) is 12.7. The van der Waals surface area contributed by atoms with Gasteiger partial charge in [0.05, 0.1) is 0 Å². The average molecular weight is 274 g/mol. The van der Waals surface area contributed by atoms with Crippen LogP contribution in [0.15, 0.2) is 73.3 Å². The molecule has 21 heavy (non-hydrogen) atoms. The Morgan fingerprint density at radius 1 is 0.857 bits per heavy atom. The Kier molecular flexibility index (Phi) is 3.79. The van der Waals surface area contributed by atoms with Crippen LogP contribution in [0.4, 0.5) is 0 Å². The van der Waals surface area contributed by atoms with Crippen molar-refractivity contribution >= 4 is 0 Å². The lowest BCUT2D eigenvalue weighted by molar-refractivity contribution is 0.542. The summed E-state index contributed by atoms with van der Waals surface area (Å²) in [6, 6.07) is 17.7. The van der Waals surface area contributed by atoms with Crippen LogP contribution >= 0.6 is 0 Å². The first-order valence-corrected chi connectivity index (χ1v) is 7.79. The van der Waals surface area contributed by atoms with E-state index in [2.05, 4.69) is 80.3 Å². The Bertz CT molecular complexity index is 630. The van der Waals surface area contributed by atoms with Gasteiger partial charge in [0.1, 0.15) is 0 Å². The Labute approximate surface area is 127 Å². The highest BCUT2D eigenvalue weighted by molar-refractivity contribution is 5.81. The van der Waals surface area contributed by atoms with E-state index in [1.807, 2.05) is 0 Å². The van der Waals surface area contributed by atoms with Gasteiger partial charge in [0.2, 0.25) is 0 Å². The fourth-order valence-electron chi connectivity index (χ4n) is 3.64. The molecule has 0 heteroatoms. The second-order valence-corrected chi connectivity index (χ2v) is 5.75. The molecule has 0 fully saturated rings. The van der Waals surface area contributed by atoms with Crippen LogP contribution in [-0.2, 0) is 5.41 Å². The van der Waals surface area contributed by atoms with Crippen molar-refractivity contribution in [3.8, 4) is 11.1 Å². The first-order valence-electron chi connectivity index (χ1n) is 7.79. The molecule has 0 unspecified atom stereocenters. The van der Waals surface area contributed by atoms with Crippen LogP contribution in [0.2, 0.25) is 0 Å². The Hall–Kier alpha value is -2.08. The van der Waals surface area contributed by atoms with E-state index in [0.717, 1.165) is 19.3 Å². The molecule has 0 radical (unpaired) electrons. The van der Waals surface area contributed by atoms with Crippen molar-refractivity contribution in [2.45, 2.75) is 31.6 Å². The molecule has 0 aliphatic heterocycles. The van der Waals surface area contributed by atoms with Crippen molar-refractivity contribution < 1.29 is 0 Å². The van der Waals surface area contributed by atoms with E-state index in [4.69, 9.17) is 0 Å². The van der Waals surface area contributed by atoms with Crippen molar-refractivity contribution in [1.29, 1.82) is 0 Å². The van der Waals surface area contributed by atoms with Gasteiger partial charge in [-0.1, -0.05) is 73.7 Å². The van der Waals surface area contributed by atoms with E-state index in [-0.39, 0.29) is 5.41 Å². The van der Waals surface area contributed by atoms with Gasteiger partial charge in [0.25, 0.3) is 0 Å². The molecular weight excluding hydrogens is 252 g/mol. The second-order valence-electron chi connectivity index (χ2n) is 5.75. The molecule has 0 amide bonds. The maximum Gasteiger partial charge on any atom is 0.0283 e. The molecule has 1 aliphatic rings. The lowest BCUT2D eigenvalue weighted by Gasteiger charge is -2.30. The van der Waals surface area contributed by atoms with Gasteiger partial charge in [-0.15, -0.1) is 6.58 Å². The molecule has 0 spiro atoms. The first-order chi connectivity index (χ1) is 10.3. The first kappa shape index (κ1) is 13.9. The van der Waals surface area contributed by atoms with Gasteiger partial charge in [0, 0.05) is 5.41 Å². The van der Waals surface area contributed by atoms with Crippen LogP contribution < -0.4 is 0 Å². The molecule has 0 nitrogen and oxygen atoms in total. The summed E-state index contributed by atoms with van der Waals surface area (Å²) in [5.74, 6) is 0. The van der Waals surface area contributed by atoms with Gasteiger partial charge < -0.3 is 0 Å². The van der Waals surface area contributed by atoms with Crippen LogP contribution in [0.25, 0.3) is 11.1 Å². The number of allylic oxidation sites excluding steroid dienone is 3. The minimum absolute atomic E-state index is 0.0562. The lowest BCUT2D eigenvalue weighted by Crippen LogP contribution is -2.23. The molecule has 0 atom stereocenters. The molecule has 2 aromatic rings. The van der Waals surface area contributed by atoms with Gasteiger partial charge in [-0.25, -0.2) is 0 Å². The van der Waals surface area contributed by atoms with E-state index in [1.54, 1.807) is 0 Å². The summed E-state index contributed by atoms with van der Waals surface area (Å²) in [4.78, 5) is 0. The molecule has 106 valence electrons. The average Bonchev–Trinajstić information content (AvgIpc) is 2.80. The molecular formula is C21H22. The summed E-state index contributed by atoms with van der Waals surface area (Å²) in [6.07, 6.45) is 9.79. The van der Waals surface area contributed by atoms with Gasteiger partial charge in [0.15, 0.2) is 0 Å². The number of fused-ring (bicyclic) bond motifs is 3. The predicted octanol–water partition coefficient (Wildman–Crippen LogP) is 5.89. The molecule has 1 aliphatic carbocycles. The molecule has 0 saturated carbocycles. The van der Waals surface area contributed by atoms with E-state index in [1.165, 1.54) is 22.3 Å². The zero-order valence-electron chi connectivity index (χ0n) is 12.7.